The fraction of sp³-hybridized carbons (Fsp3) is 0.720. The molecule has 0 heterocycles. The van der Waals surface area contributed by atoms with Crippen molar-refractivity contribution in [2.45, 2.75) is 96.8 Å². The molecule has 2 unspecified atom stereocenters. The molecule has 3 heteroatoms. The Balaban J connectivity index is 1.63. The maximum Gasteiger partial charge on any atom is 0.166 e. The molecule has 0 amide bonds. The highest BCUT2D eigenvalue weighted by atomic mass is 19.1. The molecule has 2 nitrogen and oxygen atoms in total. The summed E-state index contributed by atoms with van der Waals surface area (Å²) in [6, 6.07) is 6.37. The third-order valence-corrected chi connectivity index (χ3v) is 6.28. The first-order valence-electron chi connectivity index (χ1n) is 11.6. The van der Waals surface area contributed by atoms with E-state index < -0.39 is 5.82 Å². The van der Waals surface area contributed by atoms with Crippen molar-refractivity contribution in [3.05, 3.63) is 29.6 Å². The molecular weight excluding hydrogens is 349 g/mol. The molecule has 0 bridgehead atoms. The molecule has 1 saturated carbocycles. The Morgan fingerprint density at radius 3 is 2.25 bits per heavy atom. The molecule has 2 rings (SSSR count). The van der Waals surface area contributed by atoms with Crippen molar-refractivity contribution in [1.82, 2.24) is 0 Å². The van der Waals surface area contributed by atoms with Gasteiger partial charge in [0.25, 0.3) is 0 Å². The minimum atomic E-state index is -0.437. The highest BCUT2D eigenvalue weighted by Crippen LogP contribution is 2.36. The van der Waals surface area contributed by atoms with Crippen LogP contribution in [0.15, 0.2) is 18.2 Å². The highest BCUT2D eigenvalue weighted by Gasteiger charge is 2.24. The first-order valence-corrected chi connectivity index (χ1v) is 11.6. The molecule has 1 aromatic rings. The third kappa shape index (κ3) is 8.21. The lowest BCUT2D eigenvalue weighted by Crippen LogP contribution is -2.20. The second kappa shape index (κ2) is 13.6. The predicted molar refractivity (Wildman–Crippen MR) is 114 cm³/mol. The van der Waals surface area contributed by atoms with Crippen molar-refractivity contribution in [1.29, 1.82) is 5.26 Å². The number of hydrogen-bond acceptors (Lipinski definition) is 2. The lowest BCUT2D eigenvalue weighted by Gasteiger charge is -2.32. The maximum absolute atomic E-state index is 13.9. The molecule has 0 spiro atoms. The van der Waals surface area contributed by atoms with Crippen LogP contribution in [0.25, 0.3) is 0 Å². The van der Waals surface area contributed by atoms with Gasteiger partial charge in [0.15, 0.2) is 11.6 Å². The zero-order chi connectivity index (χ0) is 20.0. The van der Waals surface area contributed by atoms with Gasteiger partial charge in [0.05, 0.1) is 18.2 Å². The number of hydrogen-bond donors (Lipinski definition) is 0. The molecule has 156 valence electrons. The van der Waals surface area contributed by atoms with E-state index in [1.165, 1.54) is 89.5 Å². The number of ether oxygens (including phenoxy) is 1. The van der Waals surface area contributed by atoms with Gasteiger partial charge in [-0.25, -0.2) is 4.39 Å². The molecule has 0 saturated heterocycles. The van der Waals surface area contributed by atoms with E-state index in [9.17, 15) is 4.39 Å². The monoisotopic (exact) mass is 387 g/mol. The second-order valence-electron chi connectivity index (χ2n) is 8.46. The van der Waals surface area contributed by atoms with E-state index in [0.29, 0.717) is 12.2 Å². The second-order valence-corrected chi connectivity index (χ2v) is 8.46. The number of unbranched alkanes of at least 4 members (excludes halogenated alkanes) is 6. The van der Waals surface area contributed by atoms with E-state index >= 15 is 0 Å². The molecule has 0 radical (unpaired) electrons. The molecule has 0 aromatic heterocycles. The molecule has 0 aliphatic heterocycles. The average Bonchev–Trinajstić information content (AvgIpc) is 2.72. The van der Waals surface area contributed by atoms with Crippen molar-refractivity contribution in [2.24, 2.45) is 11.8 Å². The summed E-state index contributed by atoms with van der Waals surface area (Å²) in [5.41, 5.74) is 0.334. The van der Waals surface area contributed by atoms with E-state index in [0.717, 1.165) is 18.3 Å². The number of nitrogens with zero attached hydrogens (tertiary/aromatic N) is 1. The van der Waals surface area contributed by atoms with Crippen molar-refractivity contribution in [3.63, 3.8) is 0 Å². The lowest BCUT2D eigenvalue weighted by molar-refractivity contribution is 0.189. The standard InChI is InChI=1S/C25H38FNO/c1-2-3-4-5-6-7-8-12-22-13-9-10-14-23(22)15-11-18-28-25-17-16-21(20-27)19-24(25)26/h16-17,19,22-23H,2-15,18H2,1H3. The summed E-state index contributed by atoms with van der Waals surface area (Å²) in [7, 11) is 0. The normalized spacial score (nSPS) is 19.3. The Labute approximate surface area is 171 Å². The Morgan fingerprint density at radius 2 is 1.61 bits per heavy atom. The predicted octanol–water partition coefficient (Wildman–Crippen LogP) is 7.80. The lowest BCUT2D eigenvalue weighted by atomic mass is 9.74. The smallest absolute Gasteiger partial charge is 0.166 e. The van der Waals surface area contributed by atoms with Gasteiger partial charge in [-0.3, -0.25) is 0 Å². The summed E-state index contributed by atoms with van der Waals surface area (Å²) >= 11 is 0. The molecule has 0 N–H and O–H groups in total. The Bertz CT molecular complexity index is 595. The SMILES string of the molecule is CCCCCCCCCC1CCCCC1CCCOc1ccc(C#N)cc1F. The fourth-order valence-electron chi connectivity index (χ4n) is 4.62. The third-order valence-electron chi connectivity index (χ3n) is 6.28. The summed E-state index contributed by atoms with van der Waals surface area (Å²) in [5, 5.41) is 8.80. The van der Waals surface area contributed by atoms with Crippen LogP contribution < -0.4 is 4.74 Å². The Morgan fingerprint density at radius 1 is 0.964 bits per heavy atom. The van der Waals surface area contributed by atoms with Crippen LogP contribution in [0.5, 0.6) is 5.75 Å². The summed E-state index contributed by atoms with van der Waals surface area (Å²) in [6.45, 7) is 2.83. The van der Waals surface area contributed by atoms with Crippen molar-refractivity contribution < 1.29 is 9.13 Å². The first kappa shape index (κ1) is 22.7. The van der Waals surface area contributed by atoms with Gasteiger partial charge < -0.3 is 4.74 Å². The van der Waals surface area contributed by atoms with Gasteiger partial charge in [0, 0.05) is 0 Å². The number of halogens is 1. The van der Waals surface area contributed by atoms with Gasteiger partial charge in [-0.2, -0.15) is 5.26 Å². The highest BCUT2D eigenvalue weighted by molar-refractivity contribution is 5.35. The van der Waals surface area contributed by atoms with Crippen LogP contribution in [-0.2, 0) is 0 Å². The summed E-state index contributed by atoms with van der Waals surface area (Å²) in [5.74, 6) is 1.54. The van der Waals surface area contributed by atoms with Crippen molar-refractivity contribution in [3.8, 4) is 11.8 Å². The van der Waals surface area contributed by atoms with Crippen LogP contribution in [0, 0.1) is 29.0 Å². The van der Waals surface area contributed by atoms with Crippen LogP contribution in [0.1, 0.15) is 102 Å². The van der Waals surface area contributed by atoms with Crippen LogP contribution >= 0.6 is 0 Å². The number of benzene rings is 1. The summed E-state index contributed by atoms with van der Waals surface area (Å²) in [6.07, 6.45) is 18.8. The van der Waals surface area contributed by atoms with Gasteiger partial charge in [0.1, 0.15) is 0 Å². The molecule has 2 atom stereocenters. The minimum absolute atomic E-state index is 0.266. The van der Waals surface area contributed by atoms with Crippen LogP contribution in [0.4, 0.5) is 4.39 Å². The Kier molecular flexibility index (Phi) is 11.0. The fourth-order valence-corrected chi connectivity index (χ4v) is 4.62. The summed E-state index contributed by atoms with van der Waals surface area (Å²) in [4.78, 5) is 0. The molecule has 1 aliphatic carbocycles. The summed E-state index contributed by atoms with van der Waals surface area (Å²) < 4.78 is 19.5. The van der Waals surface area contributed by atoms with E-state index in [4.69, 9.17) is 10.00 Å². The minimum Gasteiger partial charge on any atom is -0.491 e. The molecule has 1 aliphatic rings. The van der Waals surface area contributed by atoms with E-state index in [1.807, 2.05) is 6.07 Å². The molecule has 1 fully saturated rings. The number of nitriles is 1. The Hall–Kier alpha value is -1.56. The van der Waals surface area contributed by atoms with Gasteiger partial charge >= 0.3 is 0 Å². The van der Waals surface area contributed by atoms with Crippen LogP contribution in [0.2, 0.25) is 0 Å². The molecule has 1 aromatic carbocycles. The molecule has 28 heavy (non-hydrogen) atoms. The number of rotatable bonds is 13. The van der Waals surface area contributed by atoms with Gasteiger partial charge in [-0.1, -0.05) is 84.0 Å². The van der Waals surface area contributed by atoms with Crippen molar-refractivity contribution in [2.75, 3.05) is 6.61 Å². The van der Waals surface area contributed by atoms with Crippen LogP contribution in [-0.4, -0.2) is 6.61 Å². The average molecular weight is 388 g/mol. The quantitative estimate of drug-likeness (QED) is 0.323. The maximum atomic E-state index is 13.9. The van der Waals surface area contributed by atoms with E-state index in [-0.39, 0.29) is 5.75 Å². The van der Waals surface area contributed by atoms with E-state index in [1.54, 1.807) is 12.1 Å². The molecular formula is C25H38FNO. The zero-order valence-corrected chi connectivity index (χ0v) is 17.7. The van der Waals surface area contributed by atoms with Crippen molar-refractivity contribution >= 4 is 0 Å². The topological polar surface area (TPSA) is 33.0 Å². The largest absolute Gasteiger partial charge is 0.491 e. The van der Waals surface area contributed by atoms with Gasteiger partial charge in [-0.05, 0) is 42.9 Å². The first-order chi connectivity index (χ1) is 13.7. The van der Waals surface area contributed by atoms with Gasteiger partial charge in [0.2, 0.25) is 0 Å². The van der Waals surface area contributed by atoms with Gasteiger partial charge in [-0.15, -0.1) is 0 Å². The zero-order valence-electron chi connectivity index (χ0n) is 17.7. The van der Waals surface area contributed by atoms with E-state index in [2.05, 4.69) is 6.92 Å². The van der Waals surface area contributed by atoms with Crippen LogP contribution in [0.3, 0.4) is 0 Å².